The zero-order valence-corrected chi connectivity index (χ0v) is 28.9. The Bertz CT molecular complexity index is 841. The number of rotatable bonds is 26. The van der Waals surface area contributed by atoms with Gasteiger partial charge in [0.25, 0.3) is 0 Å². The van der Waals surface area contributed by atoms with Crippen LogP contribution in [0.3, 0.4) is 0 Å². The summed E-state index contributed by atoms with van der Waals surface area (Å²) in [5.74, 6) is -0.466. The Hall–Kier alpha value is -0.302. The summed E-state index contributed by atoms with van der Waals surface area (Å²) in [6.07, 6.45) is 6.73. The van der Waals surface area contributed by atoms with Crippen LogP contribution in [0.25, 0.3) is 0 Å². The number of ether oxygens (including phenoxy) is 3. The van der Waals surface area contributed by atoms with E-state index in [-0.39, 0.29) is 11.6 Å². The molecule has 1 rings (SSSR count). The molecule has 0 bridgehead atoms. The van der Waals surface area contributed by atoms with Crippen molar-refractivity contribution in [3.63, 3.8) is 0 Å². The van der Waals surface area contributed by atoms with E-state index in [2.05, 4.69) is 6.92 Å². The van der Waals surface area contributed by atoms with Gasteiger partial charge in [-0.25, -0.2) is 0 Å². The average Bonchev–Trinajstić information content (AvgIpc) is 3.19. The third-order valence-corrected chi connectivity index (χ3v) is 10.5. The van der Waals surface area contributed by atoms with Crippen molar-refractivity contribution in [3.05, 3.63) is 0 Å². The number of esters is 1. The number of carbonyl (C=O) groups is 1. The van der Waals surface area contributed by atoms with Crippen LogP contribution >= 0.6 is 7.82 Å². The predicted octanol–water partition coefficient (Wildman–Crippen LogP) is 3.58. The molecular weight excluding hydrogens is 650 g/mol. The third kappa shape index (κ3) is 20.4. The number of unbranched alkanes of at least 4 members (excludes halogenated alkanes) is 11. The average molecular weight is 707 g/mol. The summed E-state index contributed by atoms with van der Waals surface area (Å²) in [6, 6.07) is 0. The van der Waals surface area contributed by atoms with Gasteiger partial charge in [0.2, 0.25) is 0 Å². The molecule has 1 aliphatic heterocycles. The second-order valence-electron chi connectivity index (χ2n) is 11.8. The topological polar surface area (TPSA) is 199 Å². The Labute approximate surface area is 258 Å². The molecule has 7 atom stereocenters. The molecule has 0 spiro atoms. The predicted molar refractivity (Wildman–Crippen MR) is 160 cm³/mol. The van der Waals surface area contributed by atoms with Crippen LogP contribution in [0.15, 0.2) is 0 Å². The van der Waals surface area contributed by atoms with Crippen LogP contribution in [0, 0.1) is 0 Å². The van der Waals surface area contributed by atoms with Crippen LogP contribution in [0.2, 0.25) is 16.6 Å². The van der Waals surface area contributed by atoms with Gasteiger partial charge >= 0.3 is 141 Å². The van der Waals surface area contributed by atoms with Crippen molar-refractivity contribution in [2.75, 3.05) is 26.4 Å². The van der Waals surface area contributed by atoms with Gasteiger partial charge in [0.15, 0.2) is 0 Å². The second-order valence-corrected chi connectivity index (χ2v) is 20.6. The van der Waals surface area contributed by atoms with Crippen molar-refractivity contribution in [1.82, 2.24) is 0 Å². The summed E-state index contributed by atoms with van der Waals surface area (Å²) < 4.78 is 49.1. The number of hydrogen-bond donors (Lipinski definition) is 5. The number of phosphoric ester groups is 1. The van der Waals surface area contributed by atoms with Crippen molar-refractivity contribution in [3.8, 4) is 0 Å². The summed E-state index contributed by atoms with van der Waals surface area (Å²) in [5, 5.41) is 40.1. The van der Waals surface area contributed by atoms with Gasteiger partial charge < -0.3 is 9.84 Å². The van der Waals surface area contributed by atoms with Gasteiger partial charge in [-0.2, -0.15) is 0 Å². The molecule has 0 aromatic rings. The number of phosphoric acid groups is 1. The van der Waals surface area contributed by atoms with Crippen LogP contribution in [0.5, 0.6) is 0 Å². The molecule has 43 heavy (non-hydrogen) atoms. The fraction of sp³-hybridized carbons (Fsp3) is 0.964. The SMILES string of the molecule is CCCCCCCCCCCCCCC(=O)OCC(O)COP(=O)(O)OCC(O)COC1OC(C[As](C)(C)=O)C(O)C1O. The minimum atomic E-state index is -4.66. The van der Waals surface area contributed by atoms with Gasteiger partial charge in [0.05, 0.1) is 0 Å². The van der Waals surface area contributed by atoms with E-state index in [4.69, 9.17) is 23.3 Å². The van der Waals surface area contributed by atoms with Crippen LogP contribution in [-0.2, 0) is 36.4 Å². The van der Waals surface area contributed by atoms with E-state index in [0.717, 1.165) is 19.3 Å². The Morgan fingerprint density at radius 3 is 1.81 bits per heavy atom. The molecule has 1 saturated heterocycles. The molecule has 1 heterocycles. The summed E-state index contributed by atoms with van der Waals surface area (Å²) in [5.41, 5.74) is 3.16. The molecule has 256 valence electrons. The molecular formula is C28H56AsO13P. The van der Waals surface area contributed by atoms with Crippen LogP contribution in [0.4, 0.5) is 0 Å². The van der Waals surface area contributed by atoms with Crippen molar-refractivity contribution in [2.45, 2.75) is 144 Å². The molecule has 15 heteroatoms. The van der Waals surface area contributed by atoms with Crippen LogP contribution in [0.1, 0.15) is 90.4 Å². The van der Waals surface area contributed by atoms with Gasteiger partial charge in [0, 0.05) is 6.42 Å². The summed E-state index contributed by atoms with van der Waals surface area (Å²) in [7, 11) is -4.66. The molecule has 0 aromatic carbocycles. The molecule has 1 fully saturated rings. The maximum absolute atomic E-state index is 12.0. The van der Waals surface area contributed by atoms with Gasteiger partial charge in [0.1, 0.15) is 12.7 Å². The van der Waals surface area contributed by atoms with Gasteiger partial charge in [-0.05, 0) is 6.42 Å². The Morgan fingerprint density at radius 2 is 1.30 bits per heavy atom. The molecule has 0 aromatic heterocycles. The first-order chi connectivity index (χ1) is 20.2. The molecule has 5 N–H and O–H groups in total. The molecule has 0 amide bonds. The van der Waals surface area contributed by atoms with Gasteiger partial charge in [-0.15, -0.1) is 0 Å². The quantitative estimate of drug-likeness (QED) is 0.0379. The summed E-state index contributed by atoms with van der Waals surface area (Å²) in [4.78, 5) is 21.7. The number of aliphatic hydroxyl groups is 4. The van der Waals surface area contributed by atoms with E-state index in [0.29, 0.717) is 6.42 Å². The number of hydrogen-bond acceptors (Lipinski definition) is 12. The zero-order chi connectivity index (χ0) is 32.3. The molecule has 0 saturated carbocycles. The van der Waals surface area contributed by atoms with E-state index in [1.54, 1.807) is 11.4 Å². The van der Waals surface area contributed by atoms with Gasteiger partial charge in [-0.3, -0.25) is 4.79 Å². The molecule has 0 aliphatic carbocycles. The van der Waals surface area contributed by atoms with Crippen molar-refractivity contribution < 1.29 is 61.7 Å². The van der Waals surface area contributed by atoms with E-state index in [1.165, 1.54) is 51.4 Å². The first-order valence-electron chi connectivity index (χ1n) is 15.5. The Kier molecular flexibility index (Phi) is 21.1. The van der Waals surface area contributed by atoms with E-state index in [1.807, 2.05) is 0 Å². The van der Waals surface area contributed by atoms with E-state index < -0.39 is 90.5 Å². The molecule has 0 radical (unpaired) electrons. The number of carbonyl (C=O) groups excluding carboxylic acids is 1. The normalized spacial score (nSPS) is 23.6. The van der Waals surface area contributed by atoms with Crippen LogP contribution in [-0.4, -0.2) is 108 Å². The van der Waals surface area contributed by atoms with E-state index >= 15 is 0 Å². The summed E-state index contributed by atoms with van der Waals surface area (Å²) in [6.45, 7) is 0.0100. The first kappa shape index (κ1) is 40.7. The minimum absolute atomic E-state index is 0.0948. The van der Waals surface area contributed by atoms with Gasteiger partial charge in [-0.1, -0.05) is 77.6 Å². The van der Waals surface area contributed by atoms with Crippen LogP contribution < -0.4 is 0 Å². The number of aliphatic hydroxyl groups excluding tert-OH is 4. The standard InChI is InChI=1S/C28H56AsO13P/c1-4-5-6-7-8-9-10-11-12-13-14-15-16-25(32)38-18-22(30)20-40-43(36,37)41-21-23(31)19-39-28-27(34)26(33)24(42-28)17-29(2,3)35/h22-24,26-28,30-31,33-34H,4-21H2,1-3H3,(H,36,37). The Balaban J connectivity index is 2.11. The maximum atomic E-state index is 12.0. The first-order valence-corrected chi connectivity index (χ1v) is 22.9. The second kappa shape index (κ2) is 22.3. The molecule has 13 nitrogen and oxygen atoms in total. The van der Waals surface area contributed by atoms with Crippen molar-refractivity contribution >= 4 is 27.3 Å². The van der Waals surface area contributed by atoms with E-state index in [9.17, 15) is 38.4 Å². The monoisotopic (exact) mass is 706 g/mol. The Morgan fingerprint density at radius 1 is 0.814 bits per heavy atom. The van der Waals surface area contributed by atoms with Crippen molar-refractivity contribution in [1.29, 1.82) is 0 Å². The third-order valence-electron chi connectivity index (χ3n) is 6.92. The fourth-order valence-corrected chi connectivity index (χ4v) is 7.76. The fourth-order valence-electron chi connectivity index (χ4n) is 4.51. The molecule has 7 unspecified atom stereocenters. The zero-order valence-electron chi connectivity index (χ0n) is 26.1. The summed E-state index contributed by atoms with van der Waals surface area (Å²) >= 11 is -3.17. The van der Waals surface area contributed by atoms with Crippen molar-refractivity contribution in [2.24, 2.45) is 0 Å². The molecule has 1 aliphatic rings.